The average Bonchev–Trinajstić information content (AvgIpc) is 1.59. The van der Waals surface area contributed by atoms with Gasteiger partial charge in [-0.2, -0.15) is 0 Å². The molecule has 0 saturated carbocycles. The fraction of sp³-hybridized carbons (Fsp3) is 0.0180. The monoisotopic (exact) mass is 1600 g/mol. The highest BCUT2D eigenvalue weighted by Crippen LogP contribution is 2.65. The van der Waals surface area contributed by atoms with Crippen LogP contribution in [-0.4, -0.2) is 27.8 Å². The Morgan fingerprint density at radius 3 is 1.04 bits per heavy atom. The third kappa shape index (κ3) is 9.32. The molecule has 0 saturated heterocycles. The summed E-state index contributed by atoms with van der Waals surface area (Å²) in [5, 5.41) is 12.5. The van der Waals surface area contributed by atoms with Gasteiger partial charge in [0.2, 0.25) is 0 Å². The summed E-state index contributed by atoms with van der Waals surface area (Å²) < 4.78 is 27.7. The summed E-state index contributed by atoms with van der Waals surface area (Å²) in [5.41, 5.74) is 27.9. The molecular weight excluding hydrogens is 1530 g/mol. The van der Waals surface area contributed by atoms with E-state index >= 15 is 4.57 Å². The normalized spacial score (nSPS) is 15.3. The number of hydrogen-bond donors (Lipinski definition) is 0. The summed E-state index contributed by atoms with van der Waals surface area (Å²) in [4.78, 5) is 10.3. The van der Waals surface area contributed by atoms with Gasteiger partial charge in [-0.05, 0) is 166 Å². The quantitative estimate of drug-likeness (QED) is 0.149. The van der Waals surface area contributed by atoms with E-state index in [9.17, 15) is 0 Å². The summed E-state index contributed by atoms with van der Waals surface area (Å²) in [5.74, 6) is 0.926. The molecule has 0 fully saturated rings. The van der Waals surface area contributed by atoms with Crippen LogP contribution in [0, 0.1) is 0 Å². The molecule has 23 aromatic rings. The predicted octanol–water partition coefficient (Wildman–Crippen LogP) is 26.7. The van der Waals surface area contributed by atoms with Gasteiger partial charge < -0.3 is 22.8 Å². The number of aromatic nitrogens is 6. The van der Waals surface area contributed by atoms with Crippen molar-refractivity contribution in [1.29, 1.82) is 0 Å². The lowest BCUT2D eigenvalue weighted by Crippen LogP contribution is -2.37. The molecular formula is C111H69N6OPS2. The molecule has 27 rings (SSSR count). The van der Waals surface area contributed by atoms with Gasteiger partial charge in [-0.1, -0.05) is 321 Å². The van der Waals surface area contributed by atoms with Crippen LogP contribution in [0.5, 0.6) is 0 Å². The van der Waals surface area contributed by atoms with Gasteiger partial charge in [0, 0.05) is 101 Å². The first kappa shape index (κ1) is 68.6. The standard InChI is InChI=1S/C56H34N4S.C55H35N2OPS/c1-2-15-36(16-3-1)59-50-27-12-8-23-46(50)57-55(59)35-29-31-37(32-30-35)58-47-24-9-4-18-39(47)41-33-34-45-54(53(41)58)61-51-28-13-7-21-43(51)56(45)42-20-6-11-26-49(42)60-48-25-10-5-17-38(48)40-19-14-22-44(56)52(40)60;58-59(37-16-3-1-4-17-37,38-18-5-2-6-19-38)39-32-30-36(31-33-39)56-48-26-11-7-21-41(48)43-34-35-47-54(53(43)56)60-51-29-14-10-24-45(51)55(47)44-23-9-13-28-50(44)57-49-27-12-8-20-40(49)42-22-15-25-46(55)52(42)57/h1-34H;1-35H. The van der Waals surface area contributed by atoms with E-state index < -0.39 is 18.0 Å². The van der Waals surface area contributed by atoms with Gasteiger partial charge >= 0.3 is 0 Å². The van der Waals surface area contributed by atoms with Crippen molar-refractivity contribution in [1.82, 2.24) is 27.8 Å². The molecule has 4 aliphatic rings. The summed E-state index contributed by atoms with van der Waals surface area (Å²) in [7, 11) is -3.15. The Kier molecular flexibility index (Phi) is 14.8. The lowest BCUT2D eigenvalue weighted by Gasteiger charge is -2.45. The van der Waals surface area contributed by atoms with Crippen molar-refractivity contribution in [2.45, 2.75) is 30.4 Å². The van der Waals surface area contributed by atoms with Gasteiger partial charge in [-0.3, -0.25) is 4.57 Å². The molecule has 2 atom stereocenters. The zero-order valence-electron chi connectivity index (χ0n) is 65.2. The zero-order valence-corrected chi connectivity index (χ0v) is 67.7. The molecule has 9 heterocycles. The highest BCUT2D eigenvalue weighted by molar-refractivity contribution is 8.00. The molecule has 0 bridgehead atoms. The van der Waals surface area contributed by atoms with Crippen molar-refractivity contribution in [3.63, 3.8) is 0 Å². The largest absolute Gasteiger partial charge is 0.309 e. The molecule has 7 nitrogen and oxygen atoms in total. The molecule has 566 valence electrons. The van der Waals surface area contributed by atoms with E-state index in [1.165, 1.54) is 157 Å². The predicted molar refractivity (Wildman–Crippen MR) is 502 cm³/mol. The van der Waals surface area contributed by atoms with Crippen LogP contribution in [0.15, 0.2) is 438 Å². The third-order valence-electron chi connectivity index (χ3n) is 26.4. The second-order valence-corrected chi connectivity index (χ2v) is 37.0. The molecule has 0 aliphatic carbocycles. The van der Waals surface area contributed by atoms with E-state index in [1.807, 2.05) is 84.2 Å². The Bertz CT molecular complexity index is 8340. The number of benzene rings is 18. The number of fused-ring (bicyclic) bond motifs is 31. The molecule has 2 unspecified atom stereocenters. The first-order valence-electron chi connectivity index (χ1n) is 41.4. The van der Waals surface area contributed by atoms with E-state index in [1.54, 1.807) is 0 Å². The van der Waals surface area contributed by atoms with Crippen LogP contribution in [0.3, 0.4) is 0 Å². The summed E-state index contributed by atoms with van der Waals surface area (Å²) in [6.45, 7) is 0. The van der Waals surface area contributed by atoms with Crippen LogP contribution in [0.2, 0.25) is 0 Å². The van der Waals surface area contributed by atoms with E-state index in [2.05, 4.69) is 381 Å². The van der Waals surface area contributed by atoms with Crippen LogP contribution < -0.4 is 15.9 Å². The van der Waals surface area contributed by atoms with Crippen LogP contribution in [0.4, 0.5) is 0 Å². The number of para-hydroxylation sites is 11. The molecule has 4 aliphatic heterocycles. The van der Waals surface area contributed by atoms with Crippen molar-refractivity contribution in [2.75, 3.05) is 0 Å². The van der Waals surface area contributed by atoms with E-state index in [-0.39, 0.29) is 0 Å². The third-order valence-corrected chi connectivity index (χ3v) is 31.8. The van der Waals surface area contributed by atoms with Crippen LogP contribution in [0.1, 0.15) is 44.5 Å². The fourth-order valence-corrected chi connectivity index (χ4v) is 26.8. The van der Waals surface area contributed by atoms with Crippen molar-refractivity contribution >= 4 is 145 Å². The lowest BCUT2D eigenvalue weighted by atomic mass is 9.62. The highest BCUT2D eigenvalue weighted by atomic mass is 32.2. The smallest absolute Gasteiger partial charge is 0.171 e. The highest BCUT2D eigenvalue weighted by Gasteiger charge is 2.52. The number of imidazole rings is 1. The second kappa shape index (κ2) is 26.0. The molecule has 18 aromatic carbocycles. The molecule has 0 radical (unpaired) electrons. The van der Waals surface area contributed by atoms with Gasteiger partial charge in [-0.15, -0.1) is 0 Å². The average molecular weight is 1600 g/mol. The lowest BCUT2D eigenvalue weighted by molar-refractivity contribution is 0.592. The van der Waals surface area contributed by atoms with E-state index in [0.717, 1.165) is 60.9 Å². The van der Waals surface area contributed by atoms with Gasteiger partial charge in [0.25, 0.3) is 0 Å². The molecule has 5 aromatic heterocycles. The molecule has 121 heavy (non-hydrogen) atoms. The Morgan fingerprint density at radius 1 is 0.231 bits per heavy atom. The Morgan fingerprint density at radius 2 is 0.570 bits per heavy atom. The summed E-state index contributed by atoms with van der Waals surface area (Å²) in [6.07, 6.45) is 0. The first-order valence-corrected chi connectivity index (χ1v) is 44.7. The van der Waals surface area contributed by atoms with Gasteiger partial charge in [0.05, 0.1) is 77.4 Å². The maximum atomic E-state index is 15.4. The maximum Gasteiger partial charge on any atom is 0.171 e. The van der Waals surface area contributed by atoms with Crippen molar-refractivity contribution < 1.29 is 4.57 Å². The van der Waals surface area contributed by atoms with Gasteiger partial charge in [-0.25, -0.2) is 4.98 Å². The second-order valence-electron chi connectivity index (χ2n) is 32.2. The van der Waals surface area contributed by atoms with E-state index in [0.29, 0.717) is 0 Å². The van der Waals surface area contributed by atoms with E-state index in [4.69, 9.17) is 4.98 Å². The maximum absolute atomic E-state index is 15.4. The molecule has 0 amide bonds. The van der Waals surface area contributed by atoms with Crippen molar-refractivity contribution in [2.24, 2.45) is 0 Å². The minimum absolute atomic E-state index is 0.562. The molecule has 2 spiro atoms. The van der Waals surface area contributed by atoms with Crippen LogP contribution >= 0.6 is 30.7 Å². The first-order chi connectivity index (χ1) is 60.0. The van der Waals surface area contributed by atoms with Gasteiger partial charge in [0.15, 0.2) is 7.14 Å². The van der Waals surface area contributed by atoms with Crippen LogP contribution in [0.25, 0.3) is 138 Å². The fourth-order valence-electron chi connectivity index (χ4n) is 21.5. The van der Waals surface area contributed by atoms with Crippen molar-refractivity contribution in [3.05, 3.63) is 463 Å². The number of hydrogen-bond acceptors (Lipinski definition) is 4. The SMILES string of the molecule is O=P(c1ccccc1)(c1ccccc1)c1ccc(-n2c3ccccc3c3ccc4c(c32)Sc2ccccc2C42c3ccccc3-n3c4ccccc4c4cccc2c43)cc1.c1ccc(-n2c(-c3ccc(-n4c5ccccc5c5ccc6c(c54)Sc4ccccc4C64c5ccccc5-n5c6ccccc6c6cccc4c65)cc3)nc3ccccc32)cc1. The zero-order chi connectivity index (χ0) is 79.4. The minimum atomic E-state index is -3.15. The summed E-state index contributed by atoms with van der Waals surface area (Å²) in [6, 6.07) is 152. The minimum Gasteiger partial charge on any atom is -0.309 e. The molecule has 0 N–H and O–H groups in total. The van der Waals surface area contributed by atoms with Crippen molar-refractivity contribution in [3.8, 4) is 39.8 Å². The molecule has 10 heteroatoms. The Balaban J connectivity index is 0.000000131. The number of rotatable bonds is 7. The van der Waals surface area contributed by atoms with Gasteiger partial charge in [0.1, 0.15) is 5.82 Å². The Labute approximate surface area is 705 Å². The number of nitrogens with zero attached hydrogens (tertiary/aromatic N) is 6. The Hall–Kier alpha value is -14.4. The summed E-state index contributed by atoms with van der Waals surface area (Å²) >= 11 is 3.80. The van der Waals surface area contributed by atoms with Crippen LogP contribution in [-0.2, 0) is 15.4 Å². The topological polar surface area (TPSA) is 54.6 Å².